The van der Waals surface area contributed by atoms with Crippen molar-refractivity contribution in [3.8, 4) is 0 Å². The lowest BCUT2D eigenvalue weighted by molar-refractivity contribution is 0.119. The summed E-state index contributed by atoms with van der Waals surface area (Å²) in [4.78, 5) is 14.4. The number of aliphatic hydroxyl groups is 1. The van der Waals surface area contributed by atoms with E-state index in [0.29, 0.717) is 11.6 Å². The fraction of sp³-hybridized carbons (Fsp3) is 0.478. The molecule has 2 aliphatic rings. The molecule has 0 radical (unpaired) electrons. The number of hydrogen-bond acceptors (Lipinski definition) is 5. The Labute approximate surface area is 178 Å². The monoisotopic (exact) mass is 412 g/mol. The minimum absolute atomic E-state index is 0.512. The van der Waals surface area contributed by atoms with Gasteiger partial charge in [-0.15, -0.1) is 0 Å². The van der Waals surface area contributed by atoms with E-state index in [9.17, 15) is 5.11 Å². The molecule has 1 aromatic heterocycles. The highest BCUT2D eigenvalue weighted by Crippen LogP contribution is 2.28. The molecule has 5 nitrogen and oxygen atoms in total. The molecule has 0 aliphatic carbocycles. The van der Waals surface area contributed by atoms with Gasteiger partial charge in [0.15, 0.2) is 5.82 Å². The summed E-state index contributed by atoms with van der Waals surface area (Å²) in [7, 11) is 0. The Balaban J connectivity index is 1.45. The number of aromatic nitrogens is 2. The van der Waals surface area contributed by atoms with Gasteiger partial charge in [0.25, 0.3) is 0 Å². The quantitative estimate of drug-likeness (QED) is 0.798. The summed E-state index contributed by atoms with van der Waals surface area (Å²) >= 11 is 5.94. The van der Waals surface area contributed by atoms with Crippen LogP contribution in [0.4, 0.5) is 5.82 Å². The predicted octanol–water partition coefficient (Wildman–Crippen LogP) is 4.17. The molecular weight excluding hydrogens is 384 g/mol. The Bertz CT molecular complexity index is 890. The van der Waals surface area contributed by atoms with Gasteiger partial charge in [-0.1, -0.05) is 29.8 Å². The van der Waals surface area contributed by atoms with Gasteiger partial charge in [0.1, 0.15) is 5.82 Å². The Morgan fingerprint density at radius 3 is 2.45 bits per heavy atom. The van der Waals surface area contributed by atoms with Gasteiger partial charge >= 0.3 is 0 Å². The van der Waals surface area contributed by atoms with Crippen LogP contribution in [0.25, 0.3) is 5.57 Å². The lowest BCUT2D eigenvalue weighted by Gasteiger charge is -2.28. The van der Waals surface area contributed by atoms with Crippen molar-refractivity contribution in [2.24, 2.45) is 0 Å². The highest BCUT2D eigenvalue weighted by atomic mass is 35.5. The van der Waals surface area contributed by atoms with Crippen molar-refractivity contribution in [1.82, 2.24) is 14.9 Å². The number of nitrogens with zero attached hydrogens (tertiary/aromatic N) is 4. The SMILES string of the molecule is Cc1nc(C2=CCN(C[C@@H](O)c3ccc(Cl)cc3)CC2)nc(N2CCCC2)c1C. The summed E-state index contributed by atoms with van der Waals surface area (Å²) in [5.41, 5.74) is 4.38. The molecule has 1 N–H and O–H groups in total. The Morgan fingerprint density at radius 2 is 1.79 bits per heavy atom. The lowest BCUT2D eigenvalue weighted by atomic mass is 10.0. The molecule has 1 atom stereocenters. The summed E-state index contributed by atoms with van der Waals surface area (Å²) in [6.07, 6.45) is 5.09. The maximum absolute atomic E-state index is 10.5. The molecule has 0 spiro atoms. The van der Waals surface area contributed by atoms with E-state index in [-0.39, 0.29) is 0 Å². The van der Waals surface area contributed by atoms with Crippen LogP contribution in [0, 0.1) is 13.8 Å². The van der Waals surface area contributed by atoms with Crippen molar-refractivity contribution in [2.45, 2.75) is 39.2 Å². The highest BCUT2D eigenvalue weighted by molar-refractivity contribution is 6.30. The maximum atomic E-state index is 10.5. The third-order valence-corrected chi connectivity index (χ3v) is 6.29. The topological polar surface area (TPSA) is 52.5 Å². The molecule has 0 unspecified atom stereocenters. The van der Waals surface area contributed by atoms with Crippen molar-refractivity contribution < 1.29 is 5.11 Å². The first-order valence-corrected chi connectivity index (χ1v) is 10.8. The van der Waals surface area contributed by atoms with Gasteiger partial charge in [0.05, 0.1) is 6.10 Å². The fourth-order valence-corrected chi connectivity index (χ4v) is 4.24. The van der Waals surface area contributed by atoms with E-state index in [2.05, 4.69) is 29.7 Å². The van der Waals surface area contributed by atoms with Crippen molar-refractivity contribution in [3.63, 3.8) is 0 Å². The van der Waals surface area contributed by atoms with Crippen molar-refractivity contribution in [3.05, 3.63) is 58.0 Å². The number of hydrogen-bond donors (Lipinski definition) is 1. The van der Waals surface area contributed by atoms with Crippen LogP contribution in [0.15, 0.2) is 30.3 Å². The number of anilines is 1. The highest BCUT2D eigenvalue weighted by Gasteiger charge is 2.22. The molecule has 6 heteroatoms. The molecule has 1 aromatic carbocycles. The summed E-state index contributed by atoms with van der Waals surface area (Å²) in [5.74, 6) is 1.97. The van der Waals surface area contributed by atoms with E-state index in [1.165, 1.54) is 24.0 Å². The van der Waals surface area contributed by atoms with E-state index < -0.39 is 6.10 Å². The smallest absolute Gasteiger partial charge is 0.157 e. The standard InChI is InChI=1S/C23H29ClN4O/c1-16-17(2)25-22(26-23(16)28-11-3-4-12-28)19-9-13-27(14-10-19)15-21(29)18-5-7-20(24)8-6-18/h5-9,21,29H,3-4,10-15H2,1-2H3/t21-/m1/s1. The molecule has 0 bridgehead atoms. The molecule has 1 saturated heterocycles. The van der Waals surface area contributed by atoms with Crippen LogP contribution in [0.5, 0.6) is 0 Å². The molecule has 29 heavy (non-hydrogen) atoms. The van der Waals surface area contributed by atoms with E-state index in [1.54, 1.807) is 0 Å². The second-order valence-electron chi connectivity index (χ2n) is 8.08. The lowest BCUT2D eigenvalue weighted by Crippen LogP contribution is -2.33. The van der Waals surface area contributed by atoms with Gasteiger partial charge in [-0.3, -0.25) is 4.90 Å². The third kappa shape index (κ3) is 4.63. The Hall–Kier alpha value is -1.95. The average molecular weight is 413 g/mol. The van der Waals surface area contributed by atoms with Gasteiger partial charge in [0, 0.05) is 49.0 Å². The molecule has 1 fully saturated rings. The number of β-amino-alcohol motifs (C(OH)–C–C–N with tert-alkyl or cyclic N) is 1. The van der Waals surface area contributed by atoms with Gasteiger partial charge in [-0.25, -0.2) is 9.97 Å². The van der Waals surface area contributed by atoms with Crippen LogP contribution in [-0.4, -0.2) is 52.7 Å². The van der Waals surface area contributed by atoms with E-state index >= 15 is 0 Å². The first kappa shape index (κ1) is 20.3. The van der Waals surface area contributed by atoms with Crippen LogP contribution in [-0.2, 0) is 0 Å². The molecule has 154 valence electrons. The van der Waals surface area contributed by atoms with Crippen LogP contribution in [0.2, 0.25) is 5.02 Å². The average Bonchev–Trinajstić information content (AvgIpc) is 3.25. The fourth-order valence-electron chi connectivity index (χ4n) is 4.11. The first-order valence-electron chi connectivity index (χ1n) is 10.5. The van der Waals surface area contributed by atoms with E-state index in [1.807, 2.05) is 24.3 Å². The Kier molecular flexibility index (Phi) is 6.18. The number of aryl methyl sites for hydroxylation is 1. The molecule has 0 amide bonds. The van der Waals surface area contributed by atoms with Gasteiger partial charge in [0.2, 0.25) is 0 Å². The van der Waals surface area contributed by atoms with Crippen molar-refractivity contribution >= 4 is 23.0 Å². The third-order valence-electron chi connectivity index (χ3n) is 6.04. The maximum Gasteiger partial charge on any atom is 0.157 e. The normalized spacial score (nSPS) is 18.8. The molecule has 2 aromatic rings. The van der Waals surface area contributed by atoms with Gasteiger partial charge in [-0.05, 0) is 56.4 Å². The molecular formula is C23H29ClN4O. The predicted molar refractivity (Wildman–Crippen MR) is 118 cm³/mol. The Morgan fingerprint density at radius 1 is 1.07 bits per heavy atom. The number of halogens is 1. The minimum Gasteiger partial charge on any atom is -0.387 e. The number of aliphatic hydroxyl groups excluding tert-OH is 1. The molecule has 2 aliphatic heterocycles. The van der Waals surface area contributed by atoms with E-state index in [4.69, 9.17) is 21.6 Å². The van der Waals surface area contributed by atoms with Crippen molar-refractivity contribution in [2.75, 3.05) is 37.6 Å². The summed E-state index contributed by atoms with van der Waals surface area (Å²) in [5, 5.41) is 11.2. The summed E-state index contributed by atoms with van der Waals surface area (Å²) in [6, 6.07) is 7.43. The zero-order valence-electron chi connectivity index (χ0n) is 17.2. The van der Waals surface area contributed by atoms with Crippen LogP contribution < -0.4 is 4.90 Å². The van der Waals surface area contributed by atoms with Gasteiger partial charge in [-0.2, -0.15) is 0 Å². The second kappa shape index (κ2) is 8.82. The van der Waals surface area contributed by atoms with Crippen LogP contribution in [0.3, 0.4) is 0 Å². The number of rotatable bonds is 5. The molecule has 4 rings (SSSR count). The second-order valence-corrected chi connectivity index (χ2v) is 8.52. The first-order chi connectivity index (χ1) is 14.0. The molecule has 3 heterocycles. The summed E-state index contributed by atoms with van der Waals surface area (Å²) in [6.45, 7) is 8.69. The summed E-state index contributed by atoms with van der Waals surface area (Å²) < 4.78 is 0. The van der Waals surface area contributed by atoms with E-state index in [0.717, 1.165) is 55.5 Å². The zero-order valence-corrected chi connectivity index (χ0v) is 18.0. The largest absolute Gasteiger partial charge is 0.387 e. The number of benzene rings is 1. The minimum atomic E-state index is -0.512. The van der Waals surface area contributed by atoms with Gasteiger partial charge < -0.3 is 10.0 Å². The molecule has 0 saturated carbocycles. The van der Waals surface area contributed by atoms with Crippen LogP contribution in [0.1, 0.15) is 48.0 Å². The van der Waals surface area contributed by atoms with Crippen molar-refractivity contribution in [1.29, 1.82) is 0 Å². The van der Waals surface area contributed by atoms with Crippen LogP contribution >= 0.6 is 11.6 Å². The zero-order chi connectivity index (χ0) is 20.4.